The summed E-state index contributed by atoms with van der Waals surface area (Å²) >= 11 is 1.33. The first-order valence-corrected chi connectivity index (χ1v) is 6.00. The molecule has 6 heteroatoms. The summed E-state index contributed by atoms with van der Waals surface area (Å²) in [4.78, 5) is 0. The molecule has 1 atom stereocenters. The fraction of sp³-hybridized carbons (Fsp3) is 0.455. The van der Waals surface area contributed by atoms with Crippen molar-refractivity contribution in [3.05, 3.63) is 29.3 Å². The molecule has 0 aliphatic heterocycles. The maximum absolute atomic E-state index is 12.5. The molecule has 0 saturated carbocycles. The molecule has 0 heterocycles. The minimum atomic E-state index is -4.46. The lowest BCUT2D eigenvalue weighted by Crippen LogP contribution is -2.06. The zero-order valence-corrected chi connectivity index (χ0v) is 9.98. The topological polar surface area (TPSA) is 40.5 Å². The van der Waals surface area contributed by atoms with E-state index in [1.807, 2.05) is 0 Å². The number of phenols is 1. The summed E-state index contributed by atoms with van der Waals surface area (Å²) in [6.45, 7) is 1.74. The minimum absolute atomic E-state index is 0.0321. The van der Waals surface area contributed by atoms with Crippen molar-refractivity contribution in [2.75, 3.05) is 6.61 Å². The normalized spacial score (nSPS) is 13.7. The highest BCUT2D eigenvalue weighted by Gasteiger charge is 2.31. The van der Waals surface area contributed by atoms with E-state index >= 15 is 0 Å². The van der Waals surface area contributed by atoms with Crippen molar-refractivity contribution < 1.29 is 23.4 Å². The molecule has 0 saturated heterocycles. The fourth-order valence-electron chi connectivity index (χ4n) is 1.21. The van der Waals surface area contributed by atoms with Gasteiger partial charge in [0.05, 0.1) is 12.2 Å². The second-order valence-corrected chi connectivity index (χ2v) is 5.12. The van der Waals surface area contributed by atoms with Gasteiger partial charge < -0.3 is 10.2 Å². The molecule has 0 amide bonds. The van der Waals surface area contributed by atoms with Crippen LogP contribution in [0.4, 0.5) is 13.2 Å². The summed E-state index contributed by atoms with van der Waals surface area (Å²) in [5.41, 5.74) is -0.465. The Balaban J connectivity index is 2.83. The molecule has 1 aromatic carbocycles. The number of hydrogen-bond acceptors (Lipinski definition) is 3. The Hall–Kier alpha value is -0.880. The van der Waals surface area contributed by atoms with Crippen LogP contribution in [0.25, 0.3) is 0 Å². The second-order valence-electron chi connectivity index (χ2n) is 3.69. The Kier molecular flexibility index (Phi) is 4.70. The highest BCUT2D eigenvalue weighted by atomic mass is 32.2. The van der Waals surface area contributed by atoms with E-state index in [4.69, 9.17) is 5.11 Å². The van der Waals surface area contributed by atoms with Crippen molar-refractivity contribution in [1.82, 2.24) is 0 Å². The molecule has 2 N–H and O–H groups in total. The summed E-state index contributed by atoms with van der Waals surface area (Å²) in [7, 11) is 0. The van der Waals surface area contributed by atoms with Crippen molar-refractivity contribution >= 4 is 11.8 Å². The summed E-state index contributed by atoms with van der Waals surface area (Å²) < 4.78 is 37.4. The van der Waals surface area contributed by atoms with Gasteiger partial charge in [-0.15, -0.1) is 0 Å². The zero-order valence-electron chi connectivity index (χ0n) is 9.16. The highest BCUT2D eigenvalue weighted by Crippen LogP contribution is 2.33. The van der Waals surface area contributed by atoms with Crippen molar-refractivity contribution in [2.24, 2.45) is 0 Å². The van der Waals surface area contributed by atoms with Gasteiger partial charge in [-0.3, -0.25) is 0 Å². The smallest absolute Gasteiger partial charge is 0.416 e. The van der Waals surface area contributed by atoms with Crippen LogP contribution < -0.4 is 0 Å². The largest absolute Gasteiger partial charge is 0.508 e. The van der Waals surface area contributed by atoms with Crippen molar-refractivity contribution in [2.45, 2.75) is 24.1 Å². The van der Waals surface area contributed by atoms with E-state index in [1.54, 1.807) is 6.92 Å². The molecule has 0 radical (unpaired) electrons. The van der Waals surface area contributed by atoms with Crippen LogP contribution in [0.1, 0.15) is 18.1 Å². The van der Waals surface area contributed by atoms with Crippen molar-refractivity contribution in [1.29, 1.82) is 0 Å². The minimum Gasteiger partial charge on any atom is -0.508 e. The zero-order chi connectivity index (χ0) is 13.1. The van der Waals surface area contributed by atoms with E-state index in [-0.39, 0.29) is 11.9 Å². The standard InChI is InChI=1S/C11H13F3O2S/c1-7(5-15)17-6-8-2-9(11(12,13)14)4-10(16)3-8/h2-4,7,15-16H,5-6H2,1H3. The Morgan fingerprint density at radius 2 is 1.94 bits per heavy atom. The van der Waals surface area contributed by atoms with Crippen LogP contribution in [0.3, 0.4) is 0 Å². The van der Waals surface area contributed by atoms with Gasteiger partial charge in [0, 0.05) is 11.0 Å². The van der Waals surface area contributed by atoms with Crippen LogP contribution in [0, 0.1) is 0 Å². The summed E-state index contributed by atoms with van der Waals surface area (Å²) in [6, 6.07) is 3.01. The van der Waals surface area contributed by atoms with Gasteiger partial charge in [0.1, 0.15) is 5.75 Å². The van der Waals surface area contributed by atoms with E-state index < -0.39 is 17.5 Å². The number of aliphatic hydroxyl groups excluding tert-OH is 1. The van der Waals surface area contributed by atoms with Crippen molar-refractivity contribution in [3.63, 3.8) is 0 Å². The molecule has 17 heavy (non-hydrogen) atoms. The first kappa shape index (κ1) is 14.2. The maximum Gasteiger partial charge on any atom is 0.416 e. The molecule has 0 spiro atoms. The molecule has 1 rings (SSSR count). The Bertz CT molecular complexity index is 379. The highest BCUT2D eigenvalue weighted by molar-refractivity contribution is 7.99. The predicted molar refractivity (Wildman–Crippen MR) is 61.0 cm³/mol. The average molecular weight is 266 g/mol. The third-order valence-corrected chi connectivity index (χ3v) is 3.31. The van der Waals surface area contributed by atoms with E-state index in [0.29, 0.717) is 17.4 Å². The van der Waals surface area contributed by atoms with Crippen molar-refractivity contribution in [3.8, 4) is 5.75 Å². The molecule has 2 nitrogen and oxygen atoms in total. The molecule has 0 aliphatic carbocycles. The average Bonchev–Trinajstić information content (AvgIpc) is 2.24. The van der Waals surface area contributed by atoms with Gasteiger partial charge in [-0.25, -0.2) is 0 Å². The first-order chi connectivity index (χ1) is 7.82. The third-order valence-electron chi connectivity index (χ3n) is 2.10. The van der Waals surface area contributed by atoms with Crippen LogP contribution >= 0.6 is 11.8 Å². The van der Waals surface area contributed by atoms with Gasteiger partial charge in [0.25, 0.3) is 0 Å². The van der Waals surface area contributed by atoms with Gasteiger partial charge >= 0.3 is 6.18 Å². The van der Waals surface area contributed by atoms with Gasteiger partial charge in [0.2, 0.25) is 0 Å². The number of benzene rings is 1. The quantitative estimate of drug-likeness (QED) is 0.880. The van der Waals surface area contributed by atoms with Crippen LogP contribution in [0.5, 0.6) is 5.75 Å². The number of aliphatic hydroxyl groups is 1. The van der Waals surface area contributed by atoms with Gasteiger partial charge in [-0.2, -0.15) is 24.9 Å². The fourth-order valence-corrected chi connectivity index (χ4v) is 1.96. The number of hydrogen-bond donors (Lipinski definition) is 2. The van der Waals surface area contributed by atoms with E-state index in [1.165, 1.54) is 17.8 Å². The van der Waals surface area contributed by atoms with Crippen LogP contribution in [-0.2, 0) is 11.9 Å². The molecule has 0 bridgehead atoms. The SMILES string of the molecule is CC(CO)SCc1cc(O)cc(C(F)(F)F)c1. The maximum atomic E-state index is 12.5. The lowest BCUT2D eigenvalue weighted by atomic mass is 10.1. The molecular weight excluding hydrogens is 253 g/mol. The number of alkyl halides is 3. The van der Waals surface area contributed by atoms with Gasteiger partial charge in [-0.1, -0.05) is 6.92 Å². The number of phenolic OH excluding ortho intramolecular Hbond substituents is 1. The predicted octanol–water partition coefficient (Wildman–Crippen LogP) is 3.03. The molecule has 96 valence electrons. The Labute approximate surface area is 101 Å². The Morgan fingerprint density at radius 1 is 1.29 bits per heavy atom. The van der Waals surface area contributed by atoms with Crippen LogP contribution in [0.2, 0.25) is 0 Å². The molecular formula is C11H13F3O2S. The van der Waals surface area contributed by atoms with Gasteiger partial charge in [0.15, 0.2) is 0 Å². The lowest BCUT2D eigenvalue weighted by molar-refractivity contribution is -0.137. The molecule has 0 aliphatic rings. The van der Waals surface area contributed by atoms with E-state index in [9.17, 15) is 18.3 Å². The van der Waals surface area contributed by atoms with E-state index in [0.717, 1.165) is 6.07 Å². The second kappa shape index (κ2) is 5.64. The number of aromatic hydroxyl groups is 1. The number of rotatable bonds is 4. The first-order valence-electron chi connectivity index (χ1n) is 4.95. The summed E-state index contributed by atoms with van der Waals surface area (Å²) in [5, 5.41) is 18.0. The van der Waals surface area contributed by atoms with Gasteiger partial charge in [-0.05, 0) is 23.8 Å². The number of halogens is 3. The van der Waals surface area contributed by atoms with Crippen LogP contribution in [-0.4, -0.2) is 22.1 Å². The molecule has 1 aromatic rings. The molecule has 0 aromatic heterocycles. The summed E-state index contributed by atoms with van der Waals surface area (Å²) in [6.07, 6.45) is -4.46. The third kappa shape index (κ3) is 4.47. The molecule has 0 fully saturated rings. The van der Waals surface area contributed by atoms with Crippen LogP contribution in [0.15, 0.2) is 18.2 Å². The number of thioether (sulfide) groups is 1. The molecule has 1 unspecified atom stereocenters. The lowest BCUT2D eigenvalue weighted by Gasteiger charge is -2.11. The Morgan fingerprint density at radius 3 is 2.47 bits per heavy atom. The monoisotopic (exact) mass is 266 g/mol. The summed E-state index contributed by atoms with van der Waals surface area (Å²) in [5.74, 6) is -0.0776. The van der Waals surface area contributed by atoms with E-state index in [2.05, 4.69) is 0 Å².